The van der Waals surface area contributed by atoms with Gasteiger partial charge < -0.3 is 21.1 Å². The highest BCUT2D eigenvalue weighted by atomic mass is 32.1. The first-order chi connectivity index (χ1) is 11.3. The number of nitrogen functional groups attached to an aromatic ring is 1. The van der Waals surface area contributed by atoms with Crippen molar-refractivity contribution >= 4 is 33.8 Å². The molecule has 23 heavy (non-hydrogen) atoms. The van der Waals surface area contributed by atoms with Gasteiger partial charge in [0.1, 0.15) is 12.0 Å². The van der Waals surface area contributed by atoms with Gasteiger partial charge in [0.2, 0.25) is 0 Å². The normalized spacial score (nSPS) is 15.5. The highest BCUT2D eigenvalue weighted by Crippen LogP contribution is 2.26. The van der Waals surface area contributed by atoms with E-state index >= 15 is 0 Å². The third kappa shape index (κ3) is 4.50. The van der Waals surface area contributed by atoms with E-state index in [1.54, 1.807) is 6.20 Å². The molecule has 1 aliphatic rings. The number of nitrogens with two attached hydrogens (primary N) is 1. The van der Waals surface area contributed by atoms with E-state index in [-0.39, 0.29) is 0 Å². The second-order valence-electron chi connectivity index (χ2n) is 5.18. The maximum absolute atomic E-state index is 6.12. The molecule has 0 aromatic carbocycles. The molecule has 0 atom stereocenters. The van der Waals surface area contributed by atoms with Crippen LogP contribution in [0.25, 0.3) is 0 Å². The Morgan fingerprint density at radius 3 is 2.83 bits per heavy atom. The number of aromatic nitrogens is 3. The van der Waals surface area contributed by atoms with Crippen molar-refractivity contribution in [2.45, 2.75) is 6.42 Å². The lowest BCUT2D eigenvalue weighted by molar-refractivity contribution is 0.0378. The van der Waals surface area contributed by atoms with Gasteiger partial charge in [-0.1, -0.05) is 0 Å². The van der Waals surface area contributed by atoms with Gasteiger partial charge in [-0.05, 0) is 13.0 Å². The van der Waals surface area contributed by atoms with Crippen LogP contribution < -0.4 is 16.4 Å². The third-order valence-corrected chi connectivity index (χ3v) is 4.28. The SMILES string of the molecule is Nc1c(NCCCN2CCOCC2)ncnc1Nc1nccs1. The molecule has 0 aliphatic carbocycles. The highest BCUT2D eigenvalue weighted by molar-refractivity contribution is 7.13. The van der Waals surface area contributed by atoms with Gasteiger partial charge in [-0.15, -0.1) is 11.3 Å². The molecule has 3 rings (SSSR count). The van der Waals surface area contributed by atoms with Crippen LogP contribution in [0.4, 0.5) is 22.5 Å². The Hall–Kier alpha value is -1.97. The van der Waals surface area contributed by atoms with Gasteiger partial charge in [0.05, 0.1) is 13.2 Å². The van der Waals surface area contributed by atoms with Gasteiger partial charge in [0.15, 0.2) is 16.8 Å². The van der Waals surface area contributed by atoms with Gasteiger partial charge >= 0.3 is 0 Å². The zero-order chi connectivity index (χ0) is 15.9. The molecule has 0 unspecified atom stereocenters. The zero-order valence-corrected chi connectivity index (χ0v) is 13.7. The molecular weight excluding hydrogens is 314 g/mol. The van der Waals surface area contributed by atoms with Crippen LogP contribution in [-0.2, 0) is 4.74 Å². The van der Waals surface area contributed by atoms with Crippen LogP contribution in [0.3, 0.4) is 0 Å². The Balaban J connectivity index is 1.49. The Morgan fingerprint density at radius 2 is 2.04 bits per heavy atom. The van der Waals surface area contributed by atoms with Gasteiger partial charge in [-0.2, -0.15) is 0 Å². The summed E-state index contributed by atoms with van der Waals surface area (Å²) >= 11 is 1.50. The third-order valence-electron chi connectivity index (χ3n) is 3.59. The maximum atomic E-state index is 6.12. The first-order valence-electron chi connectivity index (χ1n) is 7.64. The summed E-state index contributed by atoms with van der Waals surface area (Å²) in [5.41, 5.74) is 6.63. The molecule has 0 saturated carbocycles. The molecule has 2 aromatic rings. The molecule has 3 heterocycles. The molecule has 1 fully saturated rings. The average Bonchev–Trinajstić information content (AvgIpc) is 3.09. The zero-order valence-electron chi connectivity index (χ0n) is 12.9. The highest BCUT2D eigenvalue weighted by Gasteiger charge is 2.11. The summed E-state index contributed by atoms with van der Waals surface area (Å²) in [5, 5.41) is 9.04. The molecule has 0 radical (unpaired) electrons. The second kappa shape index (κ2) is 8.04. The minimum Gasteiger partial charge on any atom is -0.393 e. The molecule has 124 valence electrons. The van der Waals surface area contributed by atoms with E-state index in [0.717, 1.165) is 50.9 Å². The van der Waals surface area contributed by atoms with Gasteiger partial charge in [0, 0.05) is 31.2 Å². The molecule has 0 spiro atoms. The summed E-state index contributed by atoms with van der Waals surface area (Å²) in [6.07, 6.45) is 4.25. The van der Waals surface area contributed by atoms with Crippen molar-refractivity contribution < 1.29 is 4.74 Å². The molecule has 8 nitrogen and oxygen atoms in total. The van der Waals surface area contributed by atoms with Crippen molar-refractivity contribution in [2.24, 2.45) is 0 Å². The quantitative estimate of drug-likeness (QED) is 0.653. The van der Waals surface area contributed by atoms with Crippen LogP contribution in [0.15, 0.2) is 17.9 Å². The summed E-state index contributed by atoms with van der Waals surface area (Å²) in [6.45, 7) is 5.55. The van der Waals surface area contributed by atoms with E-state index < -0.39 is 0 Å². The van der Waals surface area contributed by atoms with Crippen LogP contribution in [-0.4, -0.2) is 59.2 Å². The second-order valence-corrected chi connectivity index (χ2v) is 6.08. The molecule has 1 aliphatic heterocycles. The number of nitrogens with one attached hydrogen (secondary N) is 2. The largest absolute Gasteiger partial charge is 0.393 e. The summed E-state index contributed by atoms with van der Waals surface area (Å²) < 4.78 is 5.35. The van der Waals surface area contributed by atoms with Gasteiger partial charge in [-0.3, -0.25) is 4.90 Å². The lowest BCUT2D eigenvalue weighted by Gasteiger charge is -2.26. The fourth-order valence-electron chi connectivity index (χ4n) is 2.36. The molecule has 1 saturated heterocycles. The molecule has 4 N–H and O–H groups in total. The Labute approximate surface area is 139 Å². The molecule has 9 heteroatoms. The summed E-state index contributed by atoms with van der Waals surface area (Å²) in [7, 11) is 0. The average molecular weight is 335 g/mol. The first-order valence-corrected chi connectivity index (χ1v) is 8.52. The van der Waals surface area contributed by atoms with E-state index in [2.05, 4.69) is 30.5 Å². The first kappa shape index (κ1) is 15.9. The van der Waals surface area contributed by atoms with Crippen molar-refractivity contribution in [2.75, 3.05) is 55.8 Å². The fraction of sp³-hybridized carbons (Fsp3) is 0.500. The van der Waals surface area contributed by atoms with Crippen molar-refractivity contribution in [3.05, 3.63) is 17.9 Å². The van der Waals surface area contributed by atoms with Crippen LogP contribution in [0.2, 0.25) is 0 Å². The van der Waals surface area contributed by atoms with Crippen molar-refractivity contribution in [1.29, 1.82) is 0 Å². The monoisotopic (exact) mass is 335 g/mol. The van der Waals surface area contributed by atoms with Gasteiger partial charge in [0.25, 0.3) is 0 Å². The summed E-state index contributed by atoms with van der Waals surface area (Å²) in [4.78, 5) is 15.0. The maximum Gasteiger partial charge on any atom is 0.188 e. The minimum absolute atomic E-state index is 0.508. The van der Waals surface area contributed by atoms with Crippen LogP contribution in [0.5, 0.6) is 0 Å². The lowest BCUT2D eigenvalue weighted by Crippen LogP contribution is -2.37. The standard InChI is InChI=1S/C14H21N7OS/c15-11-12(16-2-1-4-21-5-7-22-8-6-21)18-10-19-13(11)20-14-17-3-9-23-14/h3,9-10H,1-2,4-8,15H2,(H2,16,17,18,19,20). The Kier molecular flexibility index (Phi) is 5.56. The predicted octanol–water partition coefficient (Wildman–Crippen LogP) is 1.39. The van der Waals surface area contributed by atoms with Crippen molar-refractivity contribution in [1.82, 2.24) is 19.9 Å². The molecular formula is C14H21N7OS. The Bertz CT molecular complexity index is 601. The smallest absolute Gasteiger partial charge is 0.188 e. The number of rotatable bonds is 7. The number of hydrogen-bond acceptors (Lipinski definition) is 9. The van der Waals surface area contributed by atoms with Crippen LogP contribution >= 0.6 is 11.3 Å². The number of thiazole rings is 1. The lowest BCUT2D eigenvalue weighted by atomic mass is 10.3. The molecule has 0 bridgehead atoms. The van der Waals surface area contributed by atoms with Crippen LogP contribution in [0.1, 0.15) is 6.42 Å². The van der Waals surface area contributed by atoms with E-state index in [0.29, 0.717) is 17.3 Å². The molecule has 0 amide bonds. The van der Waals surface area contributed by atoms with E-state index in [1.807, 2.05) is 5.38 Å². The summed E-state index contributed by atoms with van der Waals surface area (Å²) in [6, 6.07) is 0. The Morgan fingerprint density at radius 1 is 1.22 bits per heavy atom. The number of hydrogen-bond donors (Lipinski definition) is 3. The topological polar surface area (TPSA) is 101 Å². The van der Waals surface area contributed by atoms with Gasteiger partial charge in [-0.25, -0.2) is 15.0 Å². The number of anilines is 4. The van der Waals surface area contributed by atoms with E-state index in [4.69, 9.17) is 10.5 Å². The van der Waals surface area contributed by atoms with Crippen LogP contribution in [0, 0.1) is 0 Å². The number of morpholine rings is 1. The van der Waals surface area contributed by atoms with Crippen molar-refractivity contribution in [3.8, 4) is 0 Å². The predicted molar refractivity (Wildman–Crippen MR) is 92.2 cm³/mol. The van der Waals surface area contributed by atoms with E-state index in [9.17, 15) is 0 Å². The molecule has 2 aromatic heterocycles. The minimum atomic E-state index is 0.508. The van der Waals surface area contributed by atoms with Crippen molar-refractivity contribution in [3.63, 3.8) is 0 Å². The number of nitrogens with zero attached hydrogens (tertiary/aromatic N) is 4. The number of ether oxygens (including phenoxy) is 1. The fourth-order valence-corrected chi connectivity index (χ4v) is 2.88. The van der Waals surface area contributed by atoms with E-state index in [1.165, 1.54) is 17.7 Å². The summed E-state index contributed by atoms with van der Waals surface area (Å²) in [5.74, 6) is 1.23.